The smallest absolute Gasteiger partial charge is 0.123 e. The van der Waals surface area contributed by atoms with E-state index in [0.29, 0.717) is 6.54 Å². The highest BCUT2D eigenvalue weighted by molar-refractivity contribution is 5.51. The molecule has 1 rings (SSSR count). The summed E-state index contributed by atoms with van der Waals surface area (Å²) < 4.78 is 12.6. The molecule has 2 heteroatoms. The van der Waals surface area contributed by atoms with Gasteiger partial charge in [0.15, 0.2) is 0 Å². The van der Waals surface area contributed by atoms with Crippen LogP contribution in [0.2, 0.25) is 0 Å². The summed E-state index contributed by atoms with van der Waals surface area (Å²) in [6.07, 6.45) is 1.67. The van der Waals surface area contributed by atoms with Crippen LogP contribution in [0.3, 0.4) is 0 Å². The summed E-state index contributed by atoms with van der Waals surface area (Å²) in [5.41, 5.74) is 7.07. The van der Waals surface area contributed by atoms with Crippen LogP contribution >= 0.6 is 0 Å². The summed E-state index contributed by atoms with van der Waals surface area (Å²) in [6, 6.07) is 4.50. The van der Waals surface area contributed by atoms with E-state index in [1.807, 2.05) is 0 Å². The van der Waals surface area contributed by atoms with E-state index in [4.69, 9.17) is 5.73 Å². The fraction of sp³-hybridized carbons (Fsp3) is 0.111. The van der Waals surface area contributed by atoms with Crippen molar-refractivity contribution in [2.45, 2.75) is 6.54 Å². The normalized spacial score (nSPS) is 9.64. The molecule has 1 aromatic carbocycles. The van der Waals surface area contributed by atoms with E-state index >= 15 is 0 Å². The number of rotatable bonds is 2. The standard InChI is InChI=1S/C9H10FN/c1-2-7-3-4-9(10)5-8(7)6-11/h2-5H,1,6,11H2. The van der Waals surface area contributed by atoms with Gasteiger partial charge in [0.1, 0.15) is 5.82 Å². The van der Waals surface area contributed by atoms with Crippen molar-refractivity contribution in [3.05, 3.63) is 41.7 Å². The van der Waals surface area contributed by atoms with Gasteiger partial charge in [-0.1, -0.05) is 18.7 Å². The largest absolute Gasteiger partial charge is 0.326 e. The Morgan fingerprint density at radius 1 is 1.55 bits per heavy atom. The lowest BCUT2D eigenvalue weighted by molar-refractivity contribution is 0.625. The van der Waals surface area contributed by atoms with Crippen molar-refractivity contribution in [2.24, 2.45) is 5.73 Å². The highest BCUT2D eigenvalue weighted by Crippen LogP contribution is 2.11. The second-order valence-electron chi connectivity index (χ2n) is 2.25. The Morgan fingerprint density at radius 3 is 2.82 bits per heavy atom. The third kappa shape index (κ3) is 1.65. The van der Waals surface area contributed by atoms with Gasteiger partial charge < -0.3 is 5.73 Å². The Labute approximate surface area is 65.3 Å². The molecular weight excluding hydrogens is 141 g/mol. The number of nitrogens with two attached hydrogens (primary N) is 1. The van der Waals surface area contributed by atoms with Crippen LogP contribution in [0.1, 0.15) is 11.1 Å². The number of benzene rings is 1. The van der Waals surface area contributed by atoms with Crippen LogP contribution in [0.25, 0.3) is 6.08 Å². The van der Waals surface area contributed by atoms with Gasteiger partial charge in [-0.05, 0) is 23.3 Å². The average molecular weight is 151 g/mol. The number of hydrogen-bond donors (Lipinski definition) is 1. The minimum Gasteiger partial charge on any atom is -0.326 e. The Kier molecular flexibility index (Phi) is 2.39. The second-order valence-corrected chi connectivity index (χ2v) is 2.25. The Bertz CT molecular complexity index is 268. The van der Waals surface area contributed by atoms with Gasteiger partial charge >= 0.3 is 0 Å². The first-order valence-corrected chi connectivity index (χ1v) is 3.39. The summed E-state index contributed by atoms with van der Waals surface area (Å²) >= 11 is 0. The van der Waals surface area contributed by atoms with Gasteiger partial charge in [-0.2, -0.15) is 0 Å². The highest BCUT2D eigenvalue weighted by atomic mass is 19.1. The monoisotopic (exact) mass is 151 g/mol. The molecule has 0 saturated carbocycles. The van der Waals surface area contributed by atoms with Gasteiger partial charge in [0.25, 0.3) is 0 Å². The van der Waals surface area contributed by atoms with Crippen molar-refractivity contribution in [1.29, 1.82) is 0 Å². The quantitative estimate of drug-likeness (QED) is 0.686. The molecule has 0 heterocycles. The van der Waals surface area contributed by atoms with Crippen molar-refractivity contribution in [3.8, 4) is 0 Å². The van der Waals surface area contributed by atoms with Crippen LogP contribution in [0.4, 0.5) is 4.39 Å². The molecule has 0 spiro atoms. The second kappa shape index (κ2) is 3.30. The van der Waals surface area contributed by atoms with Crippen LogP contribution in [-0.4, -0.2) is 0 Å². The molecule has 0 fully saturated rings. The van der Waals surface area contributed by atoms with E-state index < -0.39 is 0 Å². The van der Waals surface area contributed by atoms with Crippen molar-refractivity contribution in [1.82, 2.24) is 0 Å². The summed E-state index contributed by atoms with van der Waals surface area (Å²) in [5, 5.41) is 0. The van der Waals surface area contributed by atoms with Crippen molar-refractivity contribution >= 4 is 6.08 Å². The topological polar surface area (TPSA) is 26.0 Å². The zero-order valence-corrected chi connectivity index (χ0v) is 6.18. The molecule has 2 N–H and O–H groups in total. The summed E-state index contributed by atoms with van der Waals surface area (Å²) in [7, 11) is 0. The molecule has 0 aromatic heterocycles. The summed E-state index contributed by atoms with van der Waals surface area (Å²) in [5.74, 6) is -0.254. The van der Waals surface area contributed by atoms with Gasteiger partial charge in [-0.3, -0.25) is 0 Å². The molecule has 0 bridgehead atoms. The van der Waals surface area contributed by atoms with Crippen LogP contribution < -0.4 is 5.73 Å². The maximum Gasteiger partial charge on any atom is 0.123 e. The SMILES string of the molecule is C=Cc1ccc(F)cc1CN. The predicted octanol–water partition coefficient (Wildman–Crippen LogP) is 1.93. The predicted molar refractivity (Wildman–Crippen MR) is 44.4 cm³/mol. The first-order valence-electron chi connectivity index (χ1n) is 3.39. The fourth-order valence-electron chi connectivity index (χ4n) is 0.950. The molecule has 0 radical (unpaired) electrons. The number of halogens is 1. The molecule has 0 aliphatic carbocycles. The van der Waals surface area contributed by atoms with Crippen molar-refractivity contribution in [3.63, 3.8) is 0 Å². The Morgan fingerprint density at radius 2 is 2.27 bits per heavy atom. The van der Waals surface area contributed by atoms with Crippen molar-refractivity contribution in [2.75, 3.05) is 0 Å². The highest BCUT2D eigenvalue weighted by Gasteiger charge is 1.97. The van der Waals surface area contributed by atoms with E-state index in [1.165, 1.54) is 12.1 Å². The molecule has 0 unspecified atom stereocenters. The Balaban J connectivity index is 3.16. The molecular formula is C9H10FN. The molecule has 1 nitrogen and oxygen atoms in total. The molecule has 1 aromatic rings. The molecule has 11 heavy (non-hydrogen) atoms. The minimum absolute atomic E-state index is 0.254. The molecule has 58 valence electrons. The van der Waals surface area contributed by atoms with Gasteiger partial charge in [0, 0.05) is 6.54 Å². The Hall–Kier alpha value is -1.15. The molecule has 0 atom stereocenters. The third-order valence-electron chi connectivity index (χ3n) is 1.54. The van der Waals surface area contributed by atoms with E-state index in [9.17, 15) is 4.39 Å². The van der Waals surface area contributed by atoms with Gasteiger partial charge in [0.2, 0.25) is 0 Å². The van der Waals surface area contributed by atoms with Crippen LogP contribution in [0.15, 0.2) is 24.8 Å². The maximum atomic E-state index is 12.6. The maximum absolute atomic E-state index is 12.6. The summed E-state index contributed by atoms with van der Waals surface area (Å²) in [6.45, 7) is 3.94. The van der Waals surface area contributed by atoms with Gasteiger partial charge in [-0.15, -0.1) is 0 Å². The lowest BCUT2D eigenvalue weighted by Gasteiger charge is -2.01. The summed E-state index contributed by atoms with van der Waals surface area (Å²) in [4.78, 5) is 0. The fourth-order valence-corrected chi connectivity index (χ4v) is 0.950. The zero-order valence-electron chi connectivity index (χ0n) is 6.18. The van der Waals surface area contributed by atoms with E-state index in [2.05, 4.69) is 6.58 Å². The molecule has 0 amide bonds. The molecule has 0 aliphatic heterocycles. The first kappa shape index (κ1) is 7.95. The lowest BCUT2D eigenvalue weighted by atomic mass is 10.1. The van der Waals surface area contributed by atoms with E-state index in [-0.39, 0.29) is 5.82 Å². The third-order valence-corrected chi connectivity index (χ3v) is 1.54. The van der Waals surface area contributed by atoms with Gasteiger partial charge in [0.05, 0.1) is 0 Å². The number of hydrogen-bond acceptors (Lipinski definition) is 1. The molecule has 0 aliphatic rings. The van der Waals surface area contributed by atoms with Crippen LogP contribution in [0.5, 0.6) is 0 Å². The van der Waals surface area contributed by atoms with E-state index in [0.717, 1.165) is 11.1 Å². The van der Waals surface area contributed by atoms with E-state index in [1.54, 1.807) is 12.1 Å². The average Bonchev–Trinajstić information content (AvgIpc) is 2.04. The zero-order chi connectivity index (χ0) is 8.27. The van der Waals surface area contributed by atoms with Gasteiger partial charge in [-0.25, -0.2) is 4.39 Å². The lowest BCUT2D eigenvalue weighted by Crippen LogP contribution is -1.99. The van der Waals surface area contributed by atoms with Crippen LogP contribution in [0, 0.1) is 5.82 Å². The van der Waals surface area contributed by atoms with Crippen molar-refractivity contribution < 1.29 is 4.39 Å². The first-order chi connectivity index (χ1) is 5.27. The van der Waals surface area contributed by atoms with Crippen LogP contribution in [-0.2, 0) is 6.54 Å². The molecule has 0 saturated heterocycles. The minimum atomic E-state index is -0.254.